The highest BCUT2D eigenvalue weighted by Gasteiger charge is 2.14. The average molecular weight is 367 g/mol. The number of aryl methyl sites for hydroxylation is 1. The lowest BCUT2D eigenvalue weighted by Gasteiger charge is -2.15. The Bertz CT molecular complexity index is 725. The molecule has 0 aliphatic rings. The average Bonchev–Trinajstić information content (AvgIpc) is 2.60. The number of carbonyl (C=O) groups excluding carboxylic acids is 1. The molecule has 3 N–H and O–H groups in total. The first kappa shape index (κ1) is 20.4. The van der Waals surface area contributed by atoms with Crippen molar-refractivity contribution in [3.05, 3.63) is 47.0 Å². The number of carbonyl (C=O) groups is 1. The molecule has 0 saturated carbocycles. The highest BCUT2D eigenvalue weighted by Crippen LogP contribution is 2.38. The number of methoxy groups -OCH3 is 3. The zero-order chi connectivity index (χ0) is 17.7. The Morgan fingerprint density at radius 3 is 2.16 bits per heavy atom. The van der Waals surface area contributed by atoms with Gasteiger partial charge in [0.05, 0.1) is 21.3 Å². The molecule has 6 nitrogen and oxygen atoms in total. The van der Waals surface area contributed by atoms with Crippen molar-refractivity contribution in [2.45, 2.75) is 13.5 Å². The van der Waals surface area contributed by atoms with Gasteiger partial charge in [0.15, 0.2) is 11.5 Å². The number of nitrogen functional groups attached to an aromatic ring is 1. The van der Waals surface area contributed by atoms with Gasteiger partial charge in [-0.2, -0.15) is 0 Å². The molecule has 0 aliphatic carbocycles. The summed E-state index contributed by atoms with van der Waals surface area (Å²) in [4.78, 5) is 12.4. The number of hydrogen-bond acceptors (Lipinski definition) is 5. The summed E-state index contributed by atoms with van der Waals surface area (Å²) in [6.45, 7) is 2.19. The van der Waals surface area contributed by atoms with E-state index in [0.29, 0.717) is 35.0 Å². The van der Waals surface area contributed by atoms with Crippen molar-refractivity contribution in [2.24, 2.45) is 0 Å². The Morgan fingerprint density at radius 1 is 1.04 bits per heavy atom. The van der Waals surface area contributed by atoms with Gasteiger partial charge in [-0.25, -0.2) is 0 Å². The lowest BCUT2D eigenvalue weighted by Crippen LogP contribution is -2.23. The van der Waals surface area contributed by atoms with Gasteiger partial charge in [0.2, 0.25) is 5.75 Å². The molecule has 7 heteroatoms. The molecule has 25 heavy (non-hydrogen) atoms. The molecule has 0 aromatic heterocycles. The van der Waals surface area contributed by atoms with E-state index in [1.165, 1.54) is 0 Å². The number of amides is 1. The van der Waals surface area contributed by atoms with Gasteiger partial charge >= 0.3 is 0 Å². The summed E-state index contributed by atoms with van der Waals surface area (Å²) < 4.78 is 15.9. The third kappa shape index (κ3) is 4.70. The summed E-state index contributed by atoms with van der Waals surface area (Å²) in [5, 5.41) is 2.88. The van der Waals surface area contributed by atoms with Crippen LogP contribution in [0.25, 0.3) is 0 Å². The van der Waals surface area contributed by atoms with E-state index in [2.05, 4.69) is 5.32 Å². The molecule has 136 valence electrons. The Kier molecular flexibility index (Phi) is 7.39. The van der Waals surface area contributed by atoms with Crippen LogP contribution in [0.2, 0.25) is 0 Å². The summed E-state index contributed by atoms with van der Waals surface area (Å²) in [6, 6.07) is 8.86. The second kappa shape index (κ2) is 9.03. The fourth-order valence-electron chi connectivity index (χ4n) is 2.40. The van der Waals surface area contributed by atoms with Crippen LogP contribution in [-0.4, -0.2) is 27.2 Å². The molecule has 0 bridgehead atoms. The van der Waals surface area contributed by atoms with Gasteiger partial charge in [0.1, 0.15) is 0 Å². The van der Waals surface area contributed by atoms with Gasteiger partial charge in [0.25, 0.3) is 5.91 Å². The summed E-state index contributed by atoms with van der Waals surface area (Å²) in [5.41, 5.74) is 8.57. The summed E-state index contributed by atoms with van der Waals surface area (Å²) >= 11 is 0. The fourth-order valence-corrected chi connectivity index (χ4v) is 2.40. The van der Waals surface area contributed by atoms with E-state index in [4.69, 9.17) is 19.9 Å². The van der Waals surface area contributed by atoms with Crippen LogP contribution in [0, 0.1) is 6.92 Å². The molecule has 2 aromatic rings. The Labute approximate surface area is 153 Å². The first-order valence-electron chi connectivity index (χ1n) is 7.43. The molecule has 0 aliphatic heterocycles. The minimum absolute atomic E-state index is 0. The standard InChI is InChI=1S/C18H22N2O4.ClH/c1-11-5-6-13(19)9-14(11)18(21)20-10-12-7-15(22-2)17(24-4)16(8-12)23-3;/h5-9H,10,19H2,1-4H3,(H,20,21);1H. The van der Waals surface area contributed by atoms with Crippen molar-refractivity contribution >= 4 is 24.0 Å². The predicted octanol–water partition coefficient (Wildman–Crippen LogP) is 2.95. The Balaban J connectivity index is 0.00000312. The van der Waals surface area contributed by atoms with Gasteiger partial charge in [-0.05, 0) is 42.3 Å². The summed E-state index contributed by atoms with van der Waals surface area (Å²) in [7, 11) is 4.65. The molecule has 0 radical (unpaired) electrons. The van der Waals surface area contributed by atoms with E-state index in [-0.39, 0.29) is 18.3 Å². The van der Waals surface area contributed by atoms with Crippen LogP contribution in [0.1, 0.15) is 21.5 Å². The Morgan fingerprint density at radius 2 is 1.64 bits per heavy atom. The van der Waals surface area contributed by atoms with Gasteiger partial charge < -0.3 is 25.3 Å². The number of nitrogens with one attached hydrogen (secondary N) is 1. The van der Waals surface area contributed by atoms with Gasteiger partial charge in [0, 0.05) is 17.8 Å². The molecule has 0 atom stereocenters. The summed E-state index contributed by atoms with van der Waals surface area (Å²) in [5.74, 6) is 1.41. The molecule has 0 fully saturated rings. The largest absolute Gasteiger partial charge is 0.493 e. The molecular weight excluding hydrogens is 344 g/mol. The normalized spacial score (nSPS) is 9.76. The maximum Gasteiger partial charge on any atom is 0.251 e. The number of anilines is 1. The van der Waals surface area contributed by atoms with Gasteiger partial charge in [-0.3, -0.25) is 4.79 Å². The van der Waals surface area contributed by atoms with Crippen LogP contribution in [0.15, 0.2) is 30.3 Å². The quantitative estimate of drug-likeness (QED) is 0.768. The number of benzene rings is 2. The van der Waals surface area contributed by atoms with Crippen molar-refractivity contribution in [3.63, 3.8) is 0 Å². The van der Waals surface area contributed by atoms with Crippen LogP contribution >= 0.6 is 12.4 Å². The van der Waals surface area contributed by atoms with Crippen LogP contribution in [0.4, 0.5) is 5.69 Å². The van der Waals surface area contributed by atoms with Crippen LogP contribution in [0.3, 0.4) is 0 Å². The Hall–Kier alpha value is -2.60. The van der Waals surface area contributed by atoms with Crippen molar-refractivity contribution < 1.29 is 19.0 Å². The number of rotatable bonds is 6. The van der Waals surface area contributed by atoms with Crippen molar-refractivity contribution in [1.29, 1.82) is 0 Å². The molecular formula is C18H23ClN2O4. The number of ether oxygens (including phenoxy) is 3. The first-order valence-corrected chi connectivity index (χ1v) is 7.43. The van der Waals surface area contributed by atoms with E-state index in [9.17, 15) is 4.79 Å². The van der Waals surface area contributed by atoms with E-state index < -0.39 is 0 Å². The lowest BCUT2D eigenvalue weighted by atomic mass is 10.1. The highest BCUT2D eigenvalue weighted by molar-refractivity contribution is 5.96. The second-order valence-electron chi connectivity index (χ2n) is 5.29. The smallest absolute Gasteiger partial charge is 0.251 e. The van der Waals surface area contributed by atoms with E-state index in [1.54, 1.807) is 45.6 Å². The first-order chi connectivity index (χ1) is 11.5. The second-order valence-corrected chi connectivity index (χ2v) is 5.29. The van der Waals surface area contributed by atoms with E-state index in [0.717, 1.165) is 11.1 Å². The van der Waals surface area contributed by atoms with Crippen molar-refractivity contribution in [3.8, 4) is 17.2 Å². The van der Waals surface area contributed by atoms with Crippen molar-refractivity contribution in [2.75, 3.05) is 27.1 Å². The van der Waals surface area contributed by atoms with Gasteiger partial charge in [-0.1, -0.05) is 6.07 Å². The molecule has 2 rings (SSSR count). The minimum atomic E-state index is -0.187. The molecule has 0 saturated heterocycles. The van der Waals surface area contributed by atoms with Crippen LogP contribution in [0.5, 0.6) is 17.2 Å². The maximum atomic E-state index is 12.4. The topological polar surface area (TPSA) is 82.8 Å². The predicted molar refractivity (Wildman–Crippen MR) is 100 cm³/mol. The van der Waals surface area contributed by atoms with Gasteiger partial charge in [-0.15, -0.1) is 12.4 Å². The lowest BCUT2D eigenvalue weighted by molar-refractivity contribution is 0.0950. The third-order valence-corrected chi connectivity index (χ3v) is 3.68. The van der Waals surface area contributed by atoms with E-state index in [1.807, 2.05) is 13.0 Å². The number of halogens is 1. The minimum Gasteiger partial charge on any atom is -0.493 e. The monoisotopic (exact) mass is 366 g/mol. The van der Waals surface area contributed by atoms with Crippen LogP contribution in [-0.2, 0) is 6.54 Å². The van der Waals surface area contributed by atoms with Crippen LogP contribution < -0.4 is 25.3 Å². The molecule has 0 unspecified atom stereocenters. The molecule has 2 aromatic carbocycles. The summed E-state index contributed by atoms with van der Waals surface area (Å²) in [6.07, 6.45) is 0. The third-order valence-electron chi connectivity index (χ3n) is 3.68. The molecule has 1 amide bonds. The SMILES string of the molecule is COc1cc(CNC(=O)c2cc(N)ccc2C)cc(OC)c1OC.Cl. The van der Waals surface area contributed by atoms with Crippen molar-refractivity contribution in [1.82, 2.24) is 5.32 Å². The van der Waals surface area contributed by atoms with E-state index >= 15 is 0 Å². The molecule has 0 spiro atoms. The number of hydrogen-bond donors (Lipinski definition) is 2. The highest BCUT2D eigenvalue weighted by atomic mass is 35.5. The zero-order valence-corrected chi connectivity index (χ0v) is 15.5. The maximum absolute atomic E-state index is 12.4. The fraction of sp³-hybridized carbons (Fsp3) is 0.278. The zero-order valence-electron chi connectivity index (χ0n) is 14.7. The molecule has 0 heterocycles. The number of nitrogens with two attached hydrogens (primary N) is 1.